The monoisotopic (exact) mass is 532 g/mol. The molecule has 4 heterocycles. The van der Waals surface area contributed by atoms with E-state index >= 15 is 0 Å². The molecular formula is C30H34GeN2O2. The molecule has 35 heavy (non-hydrogen) atoms. The van der Waals surface area contributed by atoms with Gasteiger partial charge in [-0.15, -0.1) is 0 Å². The van der Waals surface area contributed by atoms with E-state index in [1.165, 1.54) is 6.20 Å². The van der Waals surface area contributed by atoms with Crippen LogP contribution in [0.1, 0.15) is 62.0 Å². The number of nitrogens with zero attached hydrogens (tertiary/aromatic N) is 2. The fourth-order valence-electron chi connectivity index (χ4n) is 5.16. The molecule has 0 N–H and O–H groups in total. The van der Waals surface area contributed by atoms with Gasteiger partial charge in [0.15, 0.2) is 0 Å². The zero-order valence-electron chi connectivity index (χ0n) is 25.1. The van der Waals surface area contributed by atoms with E-state index in [1.54, 1.807) is 0 Å². The molecule has 0 saturated carbocycles. The number of oxazole rings is 1. The molecule has 1 aliphatic heterocycles. The molecule has 0 amide bonds. The molecule has 0 bridgehead atoms. The van der Waals surface area contributed by atoms with Crippen LogP contribution in [-0.2, 0) is 5.41 Å². The normalized spacial score (nSPS) is 20.0. The van der Waals surface area contributed by atoms with Gasteiger partial charge in [0.2, 0.25) is 5.89 Å². The van der Waals surface area contributed by atoms with E-state index in [9.17, 15) is 1.37 Å². The third-order valence-corrected chi connectivity index (χ3v) is 14.2. The summed E-state index contributed by atoms with van der Waals surface area (Å²) in [5.74, 6) is 4.53. The van der Waals surface area contributed by atoms with E-state index in [2.05, 4.69) is 37.3 Å². The summed E-state index contributed by atoms with van der Waals surface area (Å²) >= 11 is -1.87. The fourth-order valence-corrected chi connectivity index (χ4v) is 9.79. The van der Waals surface area contributed by atoms with Crippen LogP contribution in [0.15, 0.2) is 51.4 Å². The van der Waals surface area contributed by atoms with Gasteiger partial charge in [-0.1, -0.05) is 20.8 Å². The zero-order chi connectivity index (χ0) is 28.0. The molecule has 0 aliphatic carbocycles. The van der Waals surface area contributed by atoms with E-state index in [4.69, 9.17) is 17.9 Å². The van der Waals surface area contributed by atoms with Crippen molar-refractivity contribution < 1.29 is 14.3 Å². The Kier molecular flexibility index (Phi) is 4.24. The van der Waals surface area contributed by atoms with Gasteiger partial charge in [-0.3, -0.25) is 0 Å². The molecule has 4 nitrogen and oxygen atoms in total. The Labute approximate surface area is 215 Å². The van der Waals surface area contributed by atoms with Crippen LogP contribution in [0.3, 0.4) is 0 Å². The maximum absolute atomic E-state index is 9.42. The predicted octanol–water partition coefficient (Wildman–Crippen LogP) is 8.98. The number of benzene rings is 2. The summed E-state index contributed by atoms with van der Waals surface area (Å²) in [5.41, 5.74) is 4.60. The molecular weight excluding hydrogens is 493 g/mol. The van der Waals surface area contributed by atoms with Crippen LogP contribution in [0.5, 0.6) is 0 Å². The molecule has 180 valence electrons. The number of fused-ring (bicyclic) bond motifs is 5. The molecule has 1 saturated heterocycles. The van der Waals surface area contributed by atoms with E-state index in [-0.39, 0.29) is 11.0 Å². The van der Waals surface area contributed by atoms with Gasteiger partial charge < -0.3 is 4.42 Å². The van der Waals surface area contributed by atoms with Crippen molar-refractivity contribution in [1.82, 2.24) is 9.97 Å². The number of aryl methyl sites for hydroxylation is 1. The Morgan fingerprint density at radius 1 is 1.03 bits per heavy atom. The molecule has 3 aromatic heterocycles. The van der Waals surface area contributed by atoms with Crippen LogP contribution in [0.25, 0.3) is 44.3 Å². The predicted molar refractivity (Wildman–Crippen MR) is 147 cm³/mol. The summed E-state index contributed by atoms with van der Waals surface area (Å²) < 4.78 is 46.5. The van der Waals surface area contributed by atoms with Crippen LogP contribution in [0, 0.1) is 6.85 Å². The number of hydrogen-bond acceptors (Lipinski definition) is 4. The number of hydrogen-bond donors (Lipinski definition) is 0. The topological polar surface area (TPSA) is 52.1 Å². The third kappa shape index (κ3) is 3.90. The number of pyridine rings is 1. The van der Waals surface area contributed by atoms with Crippen molar-refractivity contribution in [2.45, 2.75) is 73.8 Å². The molecule has 0 radical (unpaired) electrons. The van der Waals surface area contributed by atoms with E-state index in [1.807, 2.05) is 36.4 Å². The molecule has 0 spiro atoms. The average Bonchev–Trinajstić information content (AvgIpc) is 3.47. The minimum atomic E-state index is -2.34. The summed E-state index contributed by atoms with van der Waals surface area (Å²) in [6.07, 6.45) is 2.85. The van der Waals surface area contributed by atoms with Gasteiger partial charge >= 0.3 is 179 Å². The van der Waals surface area contributed by atoms with Gasteiger partial charge in [-0.2, -0.15) is 0 Å². The second-order valence-corrected chi connectivity index (χ2v) is 22.9. The summed E-state index contributed by atoms with van der Waals surface area (Å²) in [7, 11) is 0. The van der Waals surface area contributed by atoms with Gasteiger partial charge in [0.1, 0.15) is 0 Å². The number of aromatic nitrogens is 2. The van der Waals surface area contributed by atoms with Crippen molar-refractivity contribution in [3.8, 4) is 11.3 Å². The van der Waals surface area contributed by atoms with Crippen molar-refractivity contribution in [3.63, 3.8) is 0 Å². The van der Waals surface area contributed by atoms with E-state index in [0.717, 1.165) is 26.8 Å². The van der Waals surface area contributed by atoms with Gasteiger partial charge in [-0.25, -0.2) is 0 Å². The van der Waals surface area contributed by atoms with Crippen LogP contribution < -0.4 is 0 Å². The quantitative estimate of drug-likeness (QED) is 0.214. The molecule has 2 aromatic carbocycles. The molecule has 1 aliphatic rings. The van der Waals surface area contributed by atoms with Crippen LogP contribution in [0.2, 0.25) is 22.0 Å². The first kappa shape index (κ1) is 18.6. The molecule has 0 unspecified atom stereocenters. The Morgan fingerprint density at radius 3 is 2.54 bits per heavy atom. The summed E-state index contributed by atoms with van der Waals surface area (Å²) in [4.78, 5) is 9.41. The SMILES string of the molecule is [2H]C([2H])([2H])c1cnc(-c2cccc3c2oc2c3ccc3oc(C(C)(C)C)nc32)cc1C1([2H])C[CH2][Ge]([CH3])([CH3])[CH2]C1. The first-order valence-corrected chi connectivity index (χ1v) is 19.6. The van der Waals surface area contributed by atoms with Gasteiger partial charge in [0.05, 0.1) is 0 Å². The minimum absolute atomic E-state index is 0.184. The fraction of sp³-hybridized carbons (Fsp3) is 0.400. The second-order valence-electron chi connectivity index (χ2n) is 11.7. The van der Waals surface area contributed by atoms with Gasteiger partial charge in [0, 0.05) is 5.41 Å². The summed E-state index contributed by atoms with van der Waals surface area (Å²) in [6, 6.07) is 11.7. The van der Waals surface area contributed by atoms with Gasteiger partial charge in [0.25, 0.3) is 0 Å². The molecule has 5 heteroatoms. The average molecular weight is 531 g/mol. The Balaban J connectivity index is 1.55. The van der Waals surface area contributed by atoms with Crippen molar-refractivity contribution in [2.24, 2.45) is 0 Å². The molecule has 1 fully saturated rings. The van der Waals surface area contributed by atoms with Crippen LogP contribution in [-0.4, -0.2) is 23.2 Å². The van der Waals surface area contributed by atoms with Crippen molar-refractivity contribution in [1.29, 1.82) is 0 Å². The second kappa shape index (κ2) is 7.96. The van der Waals surface area contributed by atoms with E-state index in [0.29, 0.717) is 52.3 Å². The number of para-hydroxylation sites is 1. The van der Waals surface area contributed by atoms with Crippen LogP contribution in [0.4, 0.5) is 0 Å². The van der Waals surface area contributed by atoms with E-state index < -0.39 is 26.0 Å². The van der Waals surface area contributed by atoms with Crippen LogP contribution >= 0.6 is 0 Å². The molecule has 0 atom stereocenters. The summed E-state index contributed by atoms with van der Waals surface area (Å²) in [6.45, 7) is 3.85. The number of furan rings is 1. The Morgan fingerprint density at radius 2 is 1.80 bits per heavy atom. The Hall–Kier alpha value is -2.60. The Bertz CT molecular complexity index is 1730. The van der Waals surface area contributed by atoms with Crippen molar-refractivity contribution in [3.05, 3.63) is 59.6 Å². The third-order valence-electron chi connectivity index (χ3n) is 7.43. The maximum atomic E-state index is 9.42. The first-order valence-electron chi connectivity index (χ1n) is 14.4. The molecule has 6 rings (SSSR count). The molecule has 5 aromatic rings. The standard InChI is InChI=1S/C30H34GeN2O2/c1-18-17-32-24(16-23(18)19-12-14-31(5,6)15-13-19)22-9-7-8-20-21-10-11-25-26(28(21)35-27(20)22)33-29(34-25)30(2,3)4/h7-11,16-17,19H,12-15H2,1-6H3/i1D3,19D. The first-order chi connectivity index (χ1) is 18.2. The van der Waals surface area contributed by atoms with Crippen molar-refractivity contribution >= 4 is 46.3 Å². The van der Waals surface area contributed by atoms with Gasteiger partial charge in [-0.05, 0) is 0 Å². The zero-order valence-corrected chi connectivity index (χ0v) is 23.2. The number of rotatable bonds is 2. The van der Waals surface area contributed by atoms with Crippen molar-refractivity contribution in [2.75, 3.05) is 0 Å². The summed E-state index contributed by atoms with van der Waals surface area (Å²) in [5, 5.41) is 3.99.